The minimum Gasteiger partial charge on any atom is -0.307 e. The van der Waals surface area contributed by atoms with E-state index in [4.69, 9.17) is 5.84 Å². The molecule has 0 spiro atoms. The summed E-state index contributed by atoms with van der Waals surface area (Å²) < 4.78 is 26.9. The van der Waals surface area contributed by atoms with Crippen LogP contribution in [0.25, 0.3) is 0 Å². The predicted octanol–water partition coefficient (Wildman–Crippen LogP) is 1.18. The maximum Gasteiger partial charge on any atom is 0.247 e. The Kier molecular flexibility index (Phi) is 4.07. The van der Waals surface area contributed by atoms with Crippen LogP contribution in [-0.4, -0.2) is 30.3 Å². The van der Waals surface area contributed by atoms with Crippen molar-refractivity contribution in [2.24, 2.45) is 11.8 Å². The fourth-order valence-electron chi connectivity index (χ4n) is 2.58. The van der Waals surface area contributed by atoms with Crippen LogP contribution in [0.5, 0.6) is 0 Å². The Bertz CT molecular complexity index is 546. The van der Waals surface area contributed by atoms with Crippen LogP contribution in [0.2, 0.25) is 0 Å². The molecule has 2 heterocycles. The van der Waals surface area contributed by atoms with Gasteiger partial charge in [-0.1, -0.05) is 6.92 Å². The molecule has 1 aromatic rings. The molecule has 19 heavy (non-hydrogen) atoms. The second-order valence-electron chi connectivity index (χ2n) is 5.09. The molecule has 0 saturated carbocycles. The first kappa shape index (κ1) is 14.2. The van der Waals surface area contributed by atoms with Crippen molar-refractivity contribution in [1.82, 2.24) is 9.29 Å². The van der Waals surface area contributed by atoms with E-state index >= 15 is 0 Å². The minimum atomic E-state index is -3.55. The molecule has 2 rings (SSSR count). The number of sulfonamides is 1. The molecule has 3 N–H and O–H groups in total. The summed E-state index contributed by atoms with van der Waals surface area (Å²) >= 11 is 0. The molecule has 7 heteroatoms. The molecule has 2 unspecified atom stereocenters. The van der Waals surface area contributed by atoms with Gasteiger partial charge in [0, 0.05) is 18.8 Å². The summed E-state index contributed by atoms with van der Waals surface area (Å²) in [6.45, 7) is 4.64. The zero-order valence-electron chi connectivity index (χ0n) is 11.2. The first-order valence-electron chi connectivity index (χ1n) is 6.40. The number of piperidine rings is 1. The van der Waals surface area contributed by atoms with Crippen LogP contribution >= 0.6 is 0 Å². The van der Waals surface area contributed by atoms with Crippen molar-refractivity contribution >= 4 is 15.8 Å². The molecule has 1 aliphatic heterocycles. The van der Waals surface area contributed by atoms with E-state index in [9.17, 15) is 8.42 Å². The van der Waals surface area contributed by atoms with E-state index in [1.165, 1.54) is 12.3 Å². The third-order valence-corrected chi connectivity index (χ3v) is 5.62. The van der Waals surface area contributed by atoms with Crippen molar-refractivity contribution in [2.75, 3.05) is 12.0 Å². The molecule has 106 valence electrons. The molecule has 0 bridgehead atoms. The van der Waals surface area contributed by atoms with E-state index in [2.05, 4.69) is 17.3 Å². The quantitative estimate of drug-likeness (QED) is 0.642. The molecular weight excluding hydrogens is 264 g/mol. The molecule has 1 fully saturated rings. The van der Waals surface area contributed by atoms with Crippen molar-refractivity contribution in [3.8, 4) is 0 Å². The van der Waals surface area contributed by atoms with Crippen molar-refractivity contribution < 1.29 is 8.42 Å². The summed E-state index contributed by atoms with van der Waals surface area (Å²) in [5.41, 5.74) is 2.35. The van der Waals surface area contributed by atoms with Gasteiger partial charge in [-0.3, -0.25) is 0 Å². The summed E-state index contributed by atoms with van der Waals surface area (Å²) in [4.78, 5) is 4.09. The summed E-state index contributed by atoms with van der Waals surface area (Å²) in [7, 11) is -3.55. The van der Waals surface area contributed by atoms with Crippen molar-refractivity contribution in [3.05, 3.63) is 18.3 Å². The summed E-state index contributed by atoms with van der Waals surface area (Å²) in [6, 6.07) is 3.13. The number of nitrogens with one attached hydrogen (secondary N) is 1. The fourth-order valence-corrected chi connectivity index (χ4v) is 4.34. The van der Waals surface area contributed by atoms with E-state index in [0.29, 0.717) is 12.5 Å². The van der Waals surface area contributed by atoms with Crippen molar-refractivity contribution in [3.63, 3.8) is 0 Å². The number of rotatable bonds is 3. The smallest absolute Gasteiger partial charge is 0.247 e. The number of pyridine rings is 1. The molecule has 6 nitrogen and oxygen atoms in total. The standard InChI is InChI=1S/C12H20N4O2S/c1-9-5-7-16(10(2)8-9)19(17,18)11-4-3-6-14-12(11)15-13/h3-4,6,9-10H,5,7-8,13H2,1-2H3,(H,14,15). The zero-order valence-corrected chi connectivity index (χ0v) is 12.0. The van der Waals surface area contributed by atoms with Crippen molar-refractivity contribution in [2.45, 2.75) is 37.6 Å². The van der Waals surface area contributed by atoms with Gasteiger partial charge in [0.1, 0.15) is 4.90 Å². The molecule has 2 atom stereocenters. The summed E-state index contributed by atoms with van der Waals surface area (Å²) in [5, 5.41) is 0. The molecule has 0 aromatic carbocycles. The summed E-state index contributed by atoms with van der Waals surface area (Å²) in [5.74, 6) is 6.08. The molecule has 0 amide bonds. The molecular formula is C12H20N4O2S. The van der Waals surface area contributed by atoms with Gasteiger partial charge < -0.3 is 5.43 Å². The van der Waals surface area contributed by atoms with Gasteiger partial charge in [0.05, 0.1) is 0 Å². The molecule has 0 radical (unpaired) electrons. The van der Waals surface area contributed by atoms with Crippen LogP contribution in [0.4, 0.5) is 5.82 Å². The third-order valence-electron chi connectivity index (χ3n) is 3.57. The lowest BCUT2D eigenvalue weighted by atomic mass is 9.95. The number of anilines is 1. The van der Waals surface area contributed by atoms with Crippen LogP contribution in [-0.2, 0) is 10.0 Å². The first-order chi connectivity index (χ1) is 8.96. The van der Waals surface area contributed by atoms with Crippen LogP contribution in [0.1, 0.15) is 26.7 Å². The van der Waals surface area contributed by atoms with Crippen LogP contribution < -0.4 is 11.3 Å². The van der Waals surface area contributed by atoms with Crippen molar-refractivity contribution in [1.29, 1.82) is 0 Å². The fraction of sp³-hybridized carbons (Fsp3) is 0.583. The largest absolute Gasteiger partial charge is 0.307 e. The monoisotopic (exact) mass is 284 g/mol. The maximum atomic E-state index is 12.7. The molecule has 1 aliphatic rings. The molecule has 0 aliphatic carbocycles. The van der Waals surface area contributed by atoms with Gasteiger partial charge >= 0.3 is 0 Å². The number of hydrazine groups is 1. The van der Waals surface area contributed by atoms with Gasteiger partial charge in [0.15, 0.2) is 5.82 Å². The maximum absolute atomic E-state index is 12.7. The predicted molar refractivity (Wildman–Crippen MR) is 73.8 cm³/mol. The highest BCUT2D eigenvalue weighted by Gasteiger charge is 2.34. The van der Waals surface area contributed by atoms with E-state index in [0.717, 1.165) is 12.8 Å². The number of hydrogen-bond acceptors (Lipinski definition) is 5. The Morgan fingerprint density at radius 1 is 1.47 bits per heavy atom. The van der Waals surface area contributed by atoms with Gasteiger partial charge in [-0.05, 0) is 37.8 Å². The number of nitrogen functional groups attached to an aromatic ring is 1. The lowest BCUT2D eigenvalue weighted by Gasteiger charge is -2.35. The van der Waals surface area contributed by atoms with Gasteiger partial charge in [-0.15, -0.1) is 0 Å². The Balaban J connectivity index is 2.37. The van der Waals surface area contributed by atoms with Crippen LogP contribution in [0, 0.1) is 5.92 Å². The minimum absolute atomic E-state index is 0.000388. The van der Waals surface area contributed by atoms with Gasteiger partial charge in [-0.2, -0.15) is 4.31 Å². The number of nitrogens with two attached hydrogens (primary N) is 1. The van der Waals surface area contributed by atoms with E-state index in [1.807, 2.05) is 6.92 Å². The van der Waals surface area contributed by atoms with E-state index in [1.54, 1.807) is 10.4 Å². The average molecular weight is 284 g/mol. The number of nitrogens with zero attached hydrogens (tertiary/aromatic N) is 2. The second kappa shape index (κ2) is 5.44. The summed E-state index contributed by atoms with van der Waals surface area (Å²) in [6.07, 6.45) is 3.27. The highest BCUT2D eigenvalue weighted by molar-refractivity contribution is 7.89. The highest BCUT2D eigenvalue weighted by Crippen LogP contribution is 2.30. The average Bonchev–Trinajstić information content (AvgIpc) is 2.38. The molecule has 1 saturated heterocycles. The number of aromatic nitrogens is 1. The van der Waals surface area contributed by atoms with Gasteiger partial charge in [0.25, 0.3) is 0 Å². The third kappa shape index (κ3) is 2.72. The topological polar surface area (TPSA) is 88.3 Å². The lowest BCUT2D eigenvalue weighted by molar-refractivity contribution is 0.220. The number of hydrogen-bond donors (Lipinski definition) is 2. The Hall–Kier alpha value is -1.18. The highest BCUT2D eigenvalue weighted by atomic mass is 32.2. The first-order valence-corrected chi connectivity index (χ1v) is 7.84. The van der Waals surface area contributed by atoms with E-state index < -0.39 is 10.0 Å². The lowest BCUT2D eigenvalue weighted by Crippen LogP contribution is -2.44. The van der Waals surface area contributed by atoms with Crippen LogP contribution in [0.15, 0.2) is 23.2 Å². The second-order valence-corrected chi connectivity index (χ2v) is 6.95. The van der Waals surface area contributed by atoms with Crippen LogP contribution in [0.3, 0.4) is 0 Å². The van der Waals surface area contributed by atoms with Gasteiger partial charge in [-0.25, -0.2) is 19.2 Å². The molecule has 1 aromatic heterocycles. The Labute approximate surface area is 114 Å². The Morgan fingerprint density at radius 2 is 2.21 bits per heavy atom. The Morgan fingerprint density at radius 3 is 2.84 bits per heavy atom. The van der Waals surface area contributed by atoms with E-state index in [-0.39, 0.29) is 16.8 Å². The zero-order chi connectivity index (χ0) is 14.0. The van der Waals surface area contributed by atoms with Gasteiger partial charge in [0.2, 0.25) is 10.0 Å². The SMILES string of the molecule is CC1CCN(S(=O)(=O)c2cccnc2NN)C(C)C1. The normalized spacial score (nSPS) is 25.2.